The molecule has 0 radical (unpaired) electrons. The number of methoxy groups -OCH3 is 1. The molecule has 0 saturated carbocycles. The minimum Gasteiger partial charge on any atom is -0.496 e. The van der Waals surface area contributed by atoms with Gasteiger partial charge >= 0.3 is 0 Å². The maximum Gasteiger partial charge on any atom is 0.164 e. The minimum atomic E-state index is 0.308. The monoisotopic (exact) mass is 270 g/mol. The first-order chi connectivity index (χ1) is 9.65. The van der Waals surface area contributed by atoms with Crippen molar-refractivity contribution in [2.75, 3.05) is 7.11 Å². The standard InChI is InChI=1S/C16H18N2O2/c1-5-12-6-16(20-13-8-17-10-18-9-13)14(11(2)3)7-15(12)19-4/h5-11H,1H2,2-4H3. The molecule has 1 aromatic carbocycles. The van der Waals surface area contributed by atoms with Gasteiger partial charge in [0.2, 0.25) is 0 Å². The van der Waals surface area contributed by atoms with Crippen molar-refractivity contribution < 1.29 is 9.47 Å². The van der Waals surface area contributed by atoms with Crippen LogP contribution in [0.5, 0.6) is 17.2 Å². The van der Waals surface area contributed by atoms with Gasteiger partial charge in [-0.3, -0.25) is 0 Å². The first-order valence-electron chi connectivity index (χ1n) is 6.43. The second-order valence-electron chi connectivity index (χ2n) is 4.67. The van der Waals surface area contributed by atoms with Crippen molar-refractivity contribution in [3.63, 3.8) is 0 Å². The lowest BCUT2D eigenvalue weighted by atomic mass is 9.99. The molecule has 104 valence electrons. The summed E-state index contributed by atoms with van der Waals surface area (Å²) in [5.41, 5.74) is 1.96. The number of ether oxygens (including phenoxy) is 2. The van der Waals surface area contributed by atoms with E-state index in [1.54, 1.807) is 25.6 Å². The Morgan fingerprint density at radius 1 is 1.15 bits per heavy atom. The van der Waals surface area contributed by atoms with Gasteiger partial charge < -0.3 is 9.47 Å². The summed E-state index contributed by atoms with van der Waals surface area (Å²) in [7, 11) is 1.65. The molecular formula is C16H18N2O2. The Kier molecular flexibility index (Phi) is 4.35. The van der Waals surface area contributed by atoms with Crippen LogP contribution in [-0.4, -0.2) is 17.1 Å². The molecule has 0 unspecified atom stereocenters. The summed E-state index contributed by atoms with van der Waals surface area (Å²) in [6.07, 6.45) is 6.49. The molecule has 0 amide bonds. The Morgan fingerprint density at radius 3 is 2.40 bits per heavy atom. The third-order valence-corrected chi connectivity index (χ3v) is 2.97. The molecule has 4 heteroatoms. The van der Waals surface area contributed by atoms with E-state index in [0.717, 1.165) is 22.6 Å². The summed E-state index contributed by atoms with van der Waals surface area (Å²) in [6, 6.07) is 3.91. The lowest BCUT2D eigenvalue weighted by Gasteiger charge is -2.16. The molecule has 0 aliphatic carbocycles. The molecule has 0 atom stereocenters. The molecule has 2 rings (SSSR count). The predicted molar refractivity (Wildman–Crippen MR) is 79.3 cm³/mol. The highest BCUT2D eigenvalue weighted by Gasteiger charge is 2.13. The second-order valence-corrected chi connectivity index (χ2v) is 4.67. The number of nitrogens with zero attached hydrogens (tertiary/aromatic N) is 2. The highest BCUT2D eigenvalue weighted by Crippen LogP contribution is 2.36. The zero-order valence-corrected chi connectivity index (χ0v) is 12.0. The summed E-state index contributed by atoms with van der Waals surface area (Å²) >= 11 is 0. The summed E-state index contributed by atoms with van der Waals surface area (Å²) in [5, 5.41) is 0. The molecule has 0 spiro atoms. The van der Waals surface area contributed by atoms with E-state index in [4.69, 9.17) is 9.47 Å². The largest absolute Gasteiger partial charge is 0.496 e. The van der Waals surface area contributed by atoms with Gasteiger partial charge in [-0.05, 0) is 18.1 Å². The maximum atomic E-state index is 5.88. The zero-order chi connectivity index (χ0) is 14.5. The van der Waals surface area contributed by atoms with Crippen molar-refractivity contribution in [3.05, 3.63) is 48.6 Å². The number of hydrogen-bond donors (Lipinski definition) is 0. The number of hydrogen-bond acceptors (Lipinski definition) is 4. The smallest absolute Gasteiger partial charge is 0.164 e. The first-order valence-corrected chi connectivity index (χ1v) is 6.43. The summed E-state index contributed by atoms with van der Waals surface area (Å²) in [6.45, 7) is 8.02. The van der Waals surface area contributed by atoms with Crippen molar-refractivity contribution >= 4 is 6.08 Å². The molecule has 4 nitrogen and oxygen atoms in total. The number of benzene rings is 1. The highest BCUT2D eigenvalue weighted by atomic mass is 16.5. The van der Waals surface area contributed by atoms with Crippen LogP contribution in [0.1, 0.15) is 30.9 Å². The van der Waals surface area contributed by atoms with Crippen molar-refractivity contribution in [1.29, 1.82) is 0 Å². The Morgan fingerprint density at radius 2 is 1.85 bits per heavy atom. The van der Waals surface area contributed by atoms with Crippen molar-refractivity contribution in [1.82, 2.24) is 9.97 Å². The van der Waals surface area contributed by atoms with Crippen molar-refractivity contribution in [2.24, 2.45) is 0 Å². The van der Waals surface area contributed by atoms with Crippen LogP contribution in [0.3, 0.4) is 0 Å². The quantitative estimate of drug-likeness (QED) is 0.822. The van der Waals surface area contributed by atoms with Crippen LogP contribution in [0.15, 0.2) is 37.4 Å². The SMILES string of the molecule is C=Cc1cc(Oc2cncnc2)c(C(C)C)cc1OC. The van der Waals surface area contributed by atoms with Crippen LogP contribution in [0.25, 0.3) is 6.08 Å². The van der Waals surface area contributed by atoms with E-state index in [1.165, 1.54) is 6.33 Å². The van der Waals surface area contributed by atoms with Gasteiger partial charge in [0.15, 0.2) is 5.75 Å². The van der Waals surface area contributed by atoms with Crippen LogP contribution >= 0.6 is 0 Å². The Bertz CT molecular complexity index is 595. The van der Waals surface area contributed by atoms with Gasteiger partial charge in [0.1, 0.15) is 17.8 Å². The van der Waals surface area contributed by atoms with E-state index >= 15 is 0 Å². The third kappa shape index (κ3) is 2.96. The van der Waals surface area contributed by atoms with Gasteiger partial charge in [-0.15, -0.1) is 0 Å². The third-order valence-electron chi connectivity index (χ3n) is 2.97. The lowest BCUT2D eigenvalue weighted by Crippen LogP contribution is -1.98. The minimum absolute atomic E-state index is 0.308. The Labute approximate surface area is 119 Å². The van der Waals surface area contributed by atoms with E-state index in [-0.39, 0.29) is 0 Å². The van der Waals surface area contributed by atoms with E-state index in [1.807, 2.05) is 12.1 Å². The molecule has 20 heavy (non-hydrogen) atoms. The molecule has 1 heterocycles. The fourth-order valence-corrected chi connectivity index (χ4v) is 1.93. The summed E-state index contributed by atoms with van der Waals surface area (Å²) in [4.78, 5) is 7.90. The fraction of sp³-hybridized carbons (Fsp3) is 0.250. The Hall–Kier alpha value is -2.36. The normalized spacial score (nSPS) is 10.4. The van der Waals surface area contributed by atoms with E-state index in [2.05, 4.69) is 30.4 Å². The van der Waals surface area contributed by atoms with Crippen LogP contribution in [-0.2, 0) is 0 Å². The lowest BCUT2D eigenvalue weighted by molar-refractivity contribution is 0.409. The van der Waals surface area contributed by atoms with Gasteiger partial charge in [0.25, 0.3) is 0 Å². The van der Waals surface area contributed by atoms with E-state index in [0.29, 0.717) is 11.7 Å². The fourth-order valence-electron chi connectivity index (χ4n) is 1.93. The first kappa shape index (κ1) is 14.1. The summed E-state index contributed by atoms with van der Waals surface area (Å²) in [5.74, 6) is 2.47. The van der Waals surface area contributed by atoms with Crippen LogP contribution in [0.2, 0.25) is 0 Å². The number of aromatic nitrogens is 2. The van der Waals surface area contributed by atoms with Gasteiger partial charge in [0, 0.05) is 11.1 Å². The van der Waals surface area contributed by atoms with Crippen molar-refractivity contribution in [2.45, 2.75) is 19.8 Å². The zero-order valence-electron chi connectivity index (χ0n) is 12.0. The molecule has 0 aliphatic rings. The van der Waals surface area contributed by atoms with Gasteiger partial charge in [-0.2, -0.15) is 0 Å². The van der Waals surface area contributed by atoms with E-state index in [9.17, 15) is 0 Å². The molecular weight excluding hydrogens is 252 g/mol. The Balaban J connectivity index is 2.47. The van der Waals surface area contributed by atoms with Gasteiger partial charge in [-0.25, -0.2) is 9.97 Å². The molecule has 0 fully saturated rings. The van der Waals surface area contributed by atoms with Gasteiger partial charge in [0.05, 0.1) is 19.5 Å². The van der Waals surface area contributed by atoms with Crippen molar-refractivity contribution in [3.8, 4) is 17.2 Å². The predicted octanol–water partition coefficient (Wildman–Crippen LogP) is 4.04. The molecule has 1 aromatic heterocycles. The summed E-state index contributed by atoms with van der Waals surface area (Å²) < 4.78 is 11.3. The molecule has 0 bridgehead atoms. The average Bonchev–Trinajstić information content (AvgIpc) is 2.47. The average molecular weight is 270 g/mol. The highest BCUT2D eigenvalue weighted by molar-refractivity contribution is 5.61. The van der Waals surface area contributed by atoms with Crippen LogP contribution in [0, 0.1) is 0 Å². The molecule has 2 aromatic rings. The van der Waals surface area contributed by atoms with Crippen LogP contribution in [0.4, 0.5) is 0 Å². The van der Waals surface area contributed by atoms with Crippen LogP contribution < -0.4 is 9.47 Å². The molecule has 0 saturated heterocycles. The topological polar surface area (TPSA) is 44.2 Å². The maximum absolute atomic E-state index is 5.88. The van der Waals surface area contributed by atoms with E-state index < -0.39 is 0 Å². The van der Waals surface area contributed by atoms with Gasteiger partial charge in [-0.1, -0.05) is 26.5 Å². The molecule has 0 N–H and O–H groups in total. The second kappa shape index (κ2) is 6.19. The molecule has 0 aliphatic heterocycles. The number of rotatable bonds is 5.